The van der Waals surface area contributed by atoms with Crippen LogP contribution in [-0.2, 0) is 0 Å². The Morgan fingerprint density at radius 1 is 1.32 bits per heavy atom. The number of aromatic nitrogens is 2. The summed E-state index contributed by atoms with van der Waals surface area (Å²) in [5.74, 6) is -0.181. The van der Waals surface area contributed by atoms with Crippen molar-refractivity contribution in [1.29, 1.82) is 0 Å². The van der Waals surface area contributed by atoms with Crippen molar-refractivity contribution in [3.63, 3.8) is 0 Å². The van der Waals surface area contributed by atoms with Crippen LogP contribution in [0.15, 0.2) is 30.5 Å². The number of likely N-dealkylation sites (N-methyl/N-ethyl adjacent to an activating group) is 1. The minimum Gasteiger partial charge on any atom is -0.478 e. The van der Waals surface area contributed by atoms with Crippen molar-refractivity contribution in [1.82, 2.24) is 20.4 Å². The van der Waals surface area contributed by atoms with Crippen LogP contribution in [0.1, 0.15) is 46.7 Å². The van der Waals surface area contributed by atoms with Crippen molar-refractivity contribution >= 4 is 29.4 Å². The van der Waals surface area contributed by atoms with Crippen LogP contribution in [0.25, 0.3) is 0 Å². The van der Waals surface area contributed by atoms with Crippen LogP contribution in [0.4, 0.5) is 10.6 Å². The first kappa shape index (κ1) is 21.4. The quantitative estimate of drug-likeness (QED) is 0.735. The number of carboxylic acids is 1. The van der Waals surface area contributed by atoms with E-state index in [1.165, 1.54) is 17.8 Å². The zero-order chi connectivity index (χ0) is 22.1. The number of piperidine rings is 1. The van der Waals surface area contributed by atoms with Gasteiger partial charge in [0.1, 0.15) is 0 Å². The van der Waals surface area contributed by atoms with Gasteiger partial charge in [0.2, 0.25) is 0 Å². The van der Waals surface area contributed by atoms with E-state index in [2.05, 4.69) is 21.6 Å². The molecule has 3 atom stereocenters. The molecule has 2 N–H and O–H groups in total. The van der Waals surface area contributed by atoms with Crippen LogP contribution in [0, 0.1) is 6.92 Å². The van der Waals surface area contributed by atoms with Crippen LogP contribution in [0.2, 0.25) is 5.02 Å². The number of anilines is 1. The van der Waals surface area contributed by atoms with Crippen molar-refractivity contribution in [3.8, 4) is 0 Å². The molecule has 1 aromatic heterocycles. The Kier molecular flexibility index (Phi) is 6.00. The van der Waals surface area contributed by atoms with Gasteiger partial charge in [-0.05, 0) is 49.4 Å². The van der Waals surface area contributed by atoms with Gasteiger partial charge in [-0.3, -0.25) is 0 Å². The molecule has 2 aliphatic rings. The van der Waals surface area contributed by atoms with Crippen LogP contribution < -0.4 is 10.2 Å². The fourth-order valence-electron chi connectivity index (χ4n) is 4.15. The Bertz CT molecular complexity index is 1000. The molecule has 0 radical (unpaired) electrons. The summed E-state index contributed by atoms with van der Waals surface area (Å²) in [5.41, 5.74) is 2.36. The van der Waals surface area contributed by atoms with Crippen LogP contribution in [-0.4, -0.2) is 64.4 Å². The molecule has 4 rings (SSSR count). The first-order chi connectivity index (χ1) is 14.8. The predicted octanol–water partition coefficient (Wildman–Crippen LogP) is 3.30. The highest BCUT2D eigenvalue weighted by molar-refractivity contribution is 6.31. The summed E-state index contributed by atoms with van der Waals surface area (Å²) in [6, 6.07) is 7.62. The van der Waals surface area contributed by atoms with Gasteiger partial charge >= 0.3 is 12.0 Å². The van der Waals surface area contributed by atoms with Crippen molar-refractivity contribution in [2.45, 2.75) is 44.2 Å². The Morgan fingerprint density at radius 2 is 2.13 bits per heavy atom. The lowest BCUT2D eigenvalue weighted by atomic mass is 10.0. The van der Waals surface area contributed by atoms with Crippen molar-refractivity contribution in [2.24, 2.45) is 0 Å². The number of carbonyl (C=O) groups excluding carboxylic acids is 1. The molecule has 2 aromatic rings. The van der Waals surface area contributed by atoms with Gasteiger partial charge < -0.3 is 20.2 Å². The number of rotatable bonds is 5. The molecule has 1 aliphatic carbocycles. The highest BCUT2D eigenvalue weighted by Crippen LogP contribution is 2.41. The Labute approximate surface area is 186 Å². The number of nitrogens with one attached hydrogen (secondary N) is 1. The molecule has 1 aromatic carbocycles. The van der Waals surface area contributed by atoms with E-state index in [1.54, 1.807) is 4.90 Å². The van der Waals surface area contributed by atoms with E-state index in [4.69, 9.17) is 11.6 Å². The predicted molar refractivity (Wildman–Crippen MR) is 118 cm³/mol. The largest absolute Gasteiger partial charge is 0.478 e. The van der Waals surface area contributed by atoms with E-state index in [0.717, 1.165) is 36.4 Å². The minimum atomic E-state index is -1.03. The molecule has 164 valence electrons. The van der Waals surface area contributed by atoms with Gasteiger partial charge in [0.05, 0.1) is 17.8 Å². The molecule has 1 saturated heterocycles. The third-order valence-corrected chi connectivity index (χ3v) is 6.61. The first-order valence-electron chi connectivity index (χ1n) is 10.4. The molecule has 2 heterocycles. The van der Waals surface area contributed by atoms with Gasteiger partial charge in [-0.25, -0.2) is 9.59 Å². The van der Waals surface area contributed by atoms with Crippen LogP contribution in [0.3, 0.4) is 0 Å². The summed E-state index contributed by atoms with van der Waals surface area (Å²) in [7, 11) is 1.81. The summed E-state index contributed by atoms with van der Waals surface area (Å²) in [5, 5.41) is 21.0. The van der Waals surface area contributed by atoms with Crippen molar-refractivity contribution < 1.29 is 14.7 Å². The molecule has 9 heteroatoms. The fraction of sp³-hybridized carbons (Fsp3) is 0.455. The summed E-state index contributed by atoms with van der Waals surface area (Å²) in [6.07, 6.45) is 3.93. The van der Waals surface area contributed by atoms with Crippen LogP contribution in [0.5, 0.6) is 0 Å². The molecule has 1 aliphatic heterocycles. The molecular weight excluding hydrogens is 418 g/mol. The minimum absolute atomic E-state index is 0.0130. The second-order valence-electron chi connectivity index (χ2n) is 8.37. The molecule has 1 saturated carbocycles. The second-order valence-corrected chi connectivity index (χ2v) is 8.77. The number of aromatic carboxylic acids is 1. The van der Waals surface area contributed by atoms with Crippen molar-refractivity contribution in [3.05, 3.63) is 52.2 Å². The van der Waals surface area contributed by atoms with Crippen molar-refractivity contribution in [2.75, 3.05) is 25.0 Å². The Balaban J connectivity index is 1.35. The Hall–Kier alpha value is -2.87. The van der Waals surface area contributed by atoms with Gasteiger partial charge in [-0.15, -0.1) is 5.10 Å². The molecule has 0 spiro atoms. The normalized spacial score (nSPS) is 22.7. The zero-order valence-corrected chi connectivity index (χ0v) is 18.3. The summed E-state index contributed by atoms with van der Waals surface area (Å²) >= 11 is 6.12. The number of nitrogens with zero attached hydrogens (tertiary/aromatic N) is 4. The smallest absolute Gasteiger partial charge is 0.337 e. The zero-order valence-electron chi connectivity index (χ0n) is 17.6. The third kappa shape index (κ3) is 4.74. The fourth-order valence-corrected chi connectivity index (χ4v) is 4.27. The lowest BCUT2D eigenvalue weighted by Crippen LogP contribution is -2.52. The maximum absolute atomic E-state index is 12.8. The summed E-state index contributed by atoms with van der Waals surface area (Å²) in [4.78, 5) is 27.8. The van der Waals surface area contributed by atoms with Crippen LogP contribution >= 0.6 is 11.6 Å². The third-order valence-electron chi connectivity index (χ3n) is 6.19. The molecule has 2 fully saturated rings. The number of urea groups is 1. The molecule has 8 nitrogen and oxygen atoms in total. The highest BCUT2D eigenvalue weighted by atomic mass is 35.5. The number of aryl methyl sites for hydroxylation is 1. The lowest BCUT2D eigenvalue weighted by molar-refractivity contribution is 0.0696. The van der Waals surface area contributed by atoms with E-state index in [9.17, 15) is 14.7 Å². The van der Waals surface area contributed by atoms with Gasteiger partial charge in [0.15, 0.2) is 5.82 Å². The Morgan fingerprint density at radius 3 is 2.87 bits per heavy atom. The highest BCUT2D eigenvalue weighted by Gasteiger charge is 2.40. The number of carbonyl (C=O) groups is 2. The average molecular weight is 444 g/mol. The van der Waals surface area contributed by atoms with Gasteiger partial charge in [0.25, 0.3) is 0 Å². The molecule has 0 unspecified atom stereocenters. The molecule has 2 amide bonds. The SMILES string of the molecule is Cc1cc([C@H]2C[C@@H]2NC(=O)N(C)[C@@H]2CCCN(c3cc(C(=O)O)cnn3)C2)ccc1Cl. The number of amides is 2. The van der Waals surface area contributed by atoms with E-state index in [1.807, 2.05) is 31.0 Å². The molecule has 0 bridgehead atoms. The number of benzene rings is 1. The van der Waals surface area contributed by atoms with E-state index < -0.39 is 5.97 Å². The molecular formula is C22H26ClN5O3. The first-order valence-corrected chi connectivity index (χ1v) is 10.8. The van der Waals surface area contributed by atoms with E-state index in [0.29, 0.717) is 18.3 Å². The average Bonchev–Trinajstić information content (AvgIpc) is 3.54. The maximum Gasteiger partial charge on any atom is 0.337 e. The second kappa shape index (κ2) is 8.70. The van der Waals surface area contributed by atoms with Gasteiger partial charge in [0, 0.05) is 37.1 Å². The van der Waals surface area contributed by atoms with E-state index >= 15 is 0 Å². The summed E-state index contributed by atoms with van der Waals surface area (Å²) < 4.78 is 0. The lowest BCUT2D eigenvalue weighted by Gasteiger charge is -2.38. The standard InChI is InChI=1S/C22H26ClN5O3/c1-13-8-14(5-6-18(13)23)17-10-19(17)25-22(31)27(2)16-4-3-7-28(12-16)20-9-15(21(29)30)11-24-26-20/h5-6,8-9,11,16-17,19H,3-4,7,10,12H2,1-2H3,(H,25,31)(H,29,30)/t16-,17-,19+/m1/s1. The molecule has 31 heavy (non-hydrogen) atoms. The van der Waals surface area contributed by atoms with Gasteiger partial charge in [-0.1, -0.05) is 23.7 Å². The summed E-state index contributed by atoms with van der Waals surface area (Å²) in [6.45, 7) is 3.33. The number of hydrogen-bond acceptors (Lipinski definition) is 5. The van der Waals surface area contributed by atoms with Gasteiger partial charge in [-0.2, -0.15) is 5.10 Å². The monoisotopic (exact) mass is 443 g/mol. The topological polar surface area (TPSA) is 98.7 Å². The van der Waals surface area contributed by atoms with E-state index in [-0.39, 0.29) is 23.7 Å². The number of halogens is 1. The number of carboxylic acid groups (broad SMARTS) is 1. The number of hydrogen-bond donors (Lipinski definition) is 2. The maximum atomic E-state index is 12.8.